The Kier molecular flexibility index (Phi) is 7.40. The van der Waals surface area contributed by atoms with E-state index in [0.29, 0.717) is 38.8 Å². The Morgan fingerprint density at radius 1 is 1.12 bits per heavy atom. The number of ether oxygens (including phenoxy) is 1. The van der Waals surface area contributed by atoms with Crippen LogP contribution in [0.2, 0.25) is 5.02 Å². The van der Waals surface area contributed by atoms with Gasteiger partial charge in [-0.2, -0.15) is 0 Å². The van der Waals surface area contributed by atoms with Crippen LogP contribution in [0.4, 0.5) is 11.4 Å². The number of benzene rings is 2. The van der Waals surface area contributed by atoms with Crippen molar-refractivity contribution in [1.29, 1.82) is 0 Å². The summed E-state index contributed by atoms with van der Waals surface area (Å²) in [6, 6.07) is 9.55. The summed E-state index contributed by atoms with van der Waals surface area (Å²) in [6.07, 6.45) is 1.49. The zero-order valence-electron chi connectivity index (χ0n) is 19.2. The lowest BCUT2D eigenvalue weighted by molar-refractivity contribution is 0.411. The van der Waals surface area contributed by atoms with Crippen LogP contribution in [-0.4, -0.2) is 32.7 Å². The third-order valence-corrected chi connectivity index (χ3v) is 6.94. The lowest BCUT2D eigenvalue weighted by Gasteiger charge is -2.15. The van der Waals surface area contributed by atoms with Crippen LogP contribution in [0.1, 0.15) is 27.9 Å². The largest absolute Gasteiger partial charge is 0.506 e. The van der Waals surface area contributed by atoms with Crippen molar-refractivity contribution in [3.63, 3.8) is 0 Å². The van der Waals surface area contributed by atoms with Crippen LogP contribution in [0.5, 0.6) is 5.75 Å². The van der Waals surface area contributed by atoms with Gasteiger partial charge in [-0.25, -0.2) is 13.4 Å². The minimum atomic E-state index is -3.91. The van der Waals surface area contributed by atoms with Crippen LogP contribution in [-0.2, 0) is 10.0 Å². The lowest BCUT2D eigenvalue weighted by Crippen LogP contribution is -2.15. The molecule has 0 amide bonds. The maximum absolute atomic E-state index is 13.2. The molecule has 7 nitrogen and oxygen atoms in total. The maximum Gasteiger partial charge on any atom is 0.262 e. The van der Waals surface area contributed by atoms with E-state index < -0.39 is 10.0 Å². The van der Waals surface area contributed by atoms with Crippen molar-refractivity contribution in [2.24, 2.45) is 0 Å². The van der Waals surface area contributed by atoms with Crippen LogP contribution in [0.15, 0.2) is 54.1 Å². The third-order valence-electron chi connectivity index (χ3n) is 5.20. The molecule has 34 heavy (non-hydrogen) atoms. The van der Waals surface area contributed by atoms with Crippen LogP contribution in [0.3, 0.4) is 0 Å². The molecule has 0 spiro atoms. The van der Waals surface area contributed by atoms with E-state index >= 15 is 0 Å². The van der Waals surface area contributed by atoms with E-state index in [1.54, 1.807) is 51.2 Å². The Labute approximate surface area is 204 Å². The van der Waals surface area contributed by atoms with Gasteiger partial charge in [-0.05, 0) is 61.4 Å². The first kappa shape index (κ1) is 25.0. The summed E-state index contributed by atoms with van der Waals surface area (Å²) in [5.74, 6) is 6.36. The predicted octanol–water partition coefficient (Wildman–Crippen LogP) is 5.13. The molecule has 2 aromatic carbocycles. The number of nitrogens with zero attached hydrogens (tertiary/aromatic N) is 1. The Morgan fingerprint density at radius 3 is 2.50 bits per heavy atom. The number of pyridine rings is 1. The van der Waals surface area contributed by atoms with Gasteiger partial charge in [0.05, 0.1) is 28.9 Å². The predicted molar refractivity (Wildman–Crippen MR) is 136 cm³/mol. The van der Waals surface area contributed by atoms with Gasteiger partial charge in [0, 0.05) is 23.8 Å². The van der Waals surface area contributed by atoms with Gasteiger partial charge < -0.3 is 15.2 Å². The topological polar surface area (TPSA) is 101 Å². The molecule has 3 aromatic rings. The number of methoxy groups -OCH3 is 1. The molecule has 0 fully saturated rings. The number of aliphatic hydroxyl groups is 1. The first-order valence-corrected chi connectivity index (χ1v) is 12.0. The zero-order valence-corrected chi connectivity index (χ0v) is 20.7. The van der Waals surface area contributed by atoms with E-state index in [9.17, 15) is 13.5 Å². The number of hydrogen-bond acceptors (Lipinski definition) is 6. The van der Waals surface area contributed by atoms with Crippen molar-refractivity contribution < 1.29 is 18.3 Å². The molecule has 1 aromatic heterocycles. The van der Waals surface area contributed by atoms with Crippen molar-refractivity contribution in [2.45, 2.75) is 18.7 Å². The number of aliphatic hydroxyl groups excluding tert-OH is 1. The molecule has 0 aliphatic heterocycles. The van der Waals surface area contributed by atoms with E-state index in [1.807, 2.05) is 0 Å². The fraction of sp³-hybridized carbons (Fsp3) is 0.160. The number of nitrogens with one attached hydrogen (secondary N) is 2. The van der Waals surface area contributed by atoms with Crippen molar-refractivity contribution >= 4 is 38.8 Å². The molecule has 176 valence electrons. The summed E-state index contributed by atoms with van der Waals surface area (Å²) in [7, 11) is -0.687. The fourth-order valence-electron chi connectivity index (χ4n) is 3.29. The molecule has 3 N–H and O–H groups in total. The minimum absolute atomic E-state index is 0.141. The zero-order chi connectivity index (χ0) is 25.0. The van der Waals surface area contributed by atoms with E-state index in [0.717, 1.165) is 5.56 Å². The first-order chi connectivity index (χ1) is 16.1. The Hall–Kier alpha value is -3.67. The number of sulfonamides is 1. The van der Waals surface area contributed by atoms with Crippen molar-refractivity contribution in [2.75, 3.05) is 24.2 Å². The SMILES string of the molecule is C=C(O)c1ncc(C#Cc2cc(Cl)ccc2NS(=O)(=O)c2ccc(OC)c(C)c2C)cc1NC. The molecule has 0 aliphatic rings. The summed E-state index contributed by atoms with van der Waals surface area (Å²) in [5, 5.41) is 13.0. The van der Waals surface area contributed by atoms with Gasteiger partial charge >= 0.3 is 0 Å². The maximum atomic E-state index is 13.2. The molecule has 1 heterocycles. The molecule has 0 atom stereocenters. The number of rotatable bonds is 6. The lowest BCUT2D eigenvalue weighted by atomic mass is 10.1. The van der Waals surface area contributed by atoms with Crippen LogP contribution < -0.4 is 14.8 Å². The molecular formula is C25H24ClN3O4S. The summed E-state index contributed by atoms with van der Waals surface area (Å²) in [5.41, 5.74) is 3.41. The molecule has 0 saturated carbocycles. The van der Waals surface area contributed by atoms with Gasteiger partial charge in [0.15, 0.2) is 0 Å². The molecule has 0 unspecified atom stereocenters. The smallest absolute Gasteiger partial charge is 0.262 e. The van der Waals surface area contributed by atoms with E-state index in [2.05, 4.69) is 33.4 Å². The molecule has 0 aliphatic carbocycles. The molecular weight excluding hydrogens is 474 g/mol. The average molecular weight is 498 g/mol. The number of aromatic nitrogens is 1. The van der Waals surface area contributed by atoms with Gasteiger partial charge in [-0.1, -0.05) is 30.0 Å². The molecule has 9 heteroatoms. The summed E-state index contributed by atoms with van der Waals surface area (Å²) in [6.45, 7) is 7.02. The Morgan fingerprint density at radius 2 is 1.85 bits per heavy atom. The van der Waals surface area contributed by atoms with Gasteiger partial charge in [0.1, 0.15) is 17.2 Å². The number of hydrogen-bond donors (Lipinski definition) is 3. The molecule has 3 rings (SSSR count). The quantitative estimate of drug-likeness (QED) is 0.322. The van der Waals surface area contributed by atoms with Crippen molar-refractivity contribution in [1.82, 2.24) is 4.98 Å². The highest BCUT2D eigenvalue weighted by Crippen LogP contribution is 2.29. The van der Waals surface area contributed by atoms with Gasteiger partial charge in [-0.3, -0.25) is 4.72 Å². The molecule has 0 saturated heterocycles. The highest BCUT2D eigenvalue weighted by molar-refractivity contribution is 7.92. The minimum Gasteiger partial charge on any atom is -0.506 e. The number of anilines is 2. The normalized spacial score (nSPS) is 10.7. The second-order valence-corrected chi connectivity index (χ2v) is 9.47. The van der Waals surface area contributed by atoms with Crippen LogP contribution in [0, 0.1) is 25.7 Å². The third kappa shape index (κ3) is 5.28. The van der Waals surface area contributed by atoms with E-state index in [1.165, 1.54) is 19.4 Å². The monoisotopic (exact) mass is 497 g/mol. The standard InChI is InChI=1S/C25H24ClN3O4S/c1-15-16(2)24(11-10-23(15)33-5)34(31,32)29-21-9-8-20(26)13-19(21)7-6-18-12-22(27-4)25(17(3)30)28-14-18/h8-14,27,29-30H,3H2,1-2,4-5H3. The van der Waals surface area contributed by atoms with Crippen LogP contribution in [0.25, 0.3) is 5.76 Å². The molecule has 0 radical (unpaired) electrons. The van der Waals surface area contributed by atoms with Crippen molar-refractivity contribution in [3.05, 3.63) is 82.1 Å². The highest BCUT2D eigenvalue weighted by Gasteiger charge is 2.21. The first-order valence-electron chi connectivity index (χ1n) is 10.1. The second-order valence-electron chi connectivity index (χ2n) is 7.38. The van der Waals surface area contributed by atoms with Gasteiger partial charge in [-0.15, -0.1) is 0 Å². The summed E-state index contributed by atoms with van der Waals surface area (Å²) < 4.78 is 34.3. The number of halogens is 1. The van der Waals surface area contributed by atoms with Gasteiger partial charge in [0.2, 0.25) is 0 Å². The highest BCUT2D eigenvalue weighted by atomic mass is 35.5. The average Bonchev–Trinajstić information content (AvgIpc) is 2.80. The van der Waals surface area contributed by atoms with Gasteiger partial charge in [0.25, 0.3) is 10.0 Å². The fourth-order valence-corrected chi connectivity index (χ4v) is 4.84. The van der Waals surface area contributed by atoms with Crippen molar-refractivity contribution in [3.8, 4) is 17.6 Å². The molecule has 0 bridgehead atoms. The van der Waals surface area contributed by atoms with E-state index in [4.69, 9.17) is 16.3 Å². The Bertz CT molecular complexity index is 1440. The summed E-state index contributed by atoms with van der Waals surface area (Å²) >= 11 is 6.15. The summed E-state index contributed by atoms with van der Waals surface area (Å²) in [4.78, 5) is 4.31. The van der Waals surface area contributed by atoms with Crippen LogP contribution >= 0.6 is 11.6 Å². The Balaban J connectivity index is 2.01. The van der Waals surface area contributed by atoms with E-state index in [-0.39, 0.29) is 16.3 Å². The second kappa shape index (κ2) is 10.1.